The molecule has 1 aromatic heterocycles. The van der Waals surface area contributed by atoms with Crippen LogP contribution in [0.1, 0.15) is 37.9 Å². The lowest BCUT2D eigenvalue weighted by Gasteiger charge is -2.20. The van der Waals surface area contributed by atoms with Crippen LogP contribution in [0.4, 0.5) is 10.1 Å². The van der Waals surface area contributed by atoms with E-state index in [1.165, 1.54) is 6.07 Å². The smallest absolute Gasteiger partial charge is 0.149 e. The molecule has 20 heavy (non-hydrogen) atoms. The summed E-state index contributed by atoms with van der Waals surface area (Å²) in [5, 5.41) is 4.08. The van der Waals surface area contributed by atoms with Crippen LogP contribution in [0.5, 0.6) is 5.75 Å². The normalized spacial score (nSPS) is 11.2. The Morgan fingerprint density at radius 1 is 1.35 bits per heavy atom. The molecule has 0 aliphatic carbocycles. The van der Waals surface area contributed by atoms with E-state index in [2.05, 4.69) is 24.1 Å². The SMILES string of the molecule is CCNc1c(C(C)C)c(C)nc2c(F)ccc(OC)c12. The van der Waals surface area contributed by atoms with E-state index in [4.69, 9.17) is 4.74 Å². The minimum atomic E-state index is -0.321. The van der Waals surface area contributed by atoms with Gasteiger partial charge in [0.15, 0.2) is 0 Å². The highest BCUT2D eigenvalue weighted by molar-refractivity contribution is 5.98. The van der Waals surface area contributed by atoms with E-state index in [-0.39, 0.29) is 5.82 Å². The highest BCUT2D eigenvalue weighted by atomic mass is 19.1. The van der Waals surface area contributed by atoms with E-state index in [1.807, 2.05) is 13.8 Å². The number of ether oxygens (including phenoxy) is 1. The van der Waals surface area contributed by atoms with E-state index in [0.717, 1.165) is 28.9 Å². The van der Waals surface area contributed by atoms with Crippen LogP contribution in [-0.4, -0.2) is 18.6 Å². The lowest BCUT2D eigenvalue weighted by atomic mass is 9.96. The molecule has 1 N–H and O–H groups in total. The van der Waals surface area contributed by atoms with Gasteiger partial charge < -0.3 is 10.1 Å². The number of methoxy groups -OCH3 is 1. The quantitative estimate of drug-likeness (QED) is 0.906. The molecule has 3 nitrogen and oxygen atoms in total. The monoisotopic (exact) mass is 276 g/mol. The Bertz CT molecular complexity index is 638. The van der Waals surface area contributed by atoms with Gasteiger partial charge in [0.2, 0.25) is 0 Å². The third-order valence-corrected chi connectivity index (χ3v) is 3.43. The maximum absolute atomic E-state index is 14.1. The summed E-state index contributed by atoms with van der Waals surface area (Å²) >= 11 is 0. The Hall–Kier alpha value is -1.84. The van der Waals surface area contributed by atoms with Gasteiger partial charge in [-0.15, -0.1) is 0 Å². The van der Waals surface area contributed by atoms with Gasteiger partial charge in [-0.2, -0.15) is 0 Å². The summed E-state index contributed by atoms with van der Waals surface area (Å²) in [5.41, 5.74) is 3.27. The van der Waals surface area contributed by atoms with Gasteiger partial charge in [0.25, 0.3) is 0 Å². The number of hydrogen-bond acceptors (Lipinski definition) is 3. The Labute approximate surface area is 119 Å². The lowest BCUT2D eigenvalue weighted by molar-refractivity contribution is 0.419. The van der Waals surface area contributed by atoms with Crippen LogP contribution in [0.3, 0.4) is 0 Å². The van der Waals surface area contributed by atoms with Gasteiger partial charge in [0.05, 0.1) is 18.2 Å². The van der Waals surface area contributed by atoms with Crippen molar-refractivity contribution in [2.45, 2.75) is 33.6 Å². The Balaban J connectivity index is 2.95. The number of halogens is 1. The topological polar surface area (TPSA) is 34.2 Å². The fourth-order valence-electron chi connectivity index (χ4n) is 2.68. The highest BCUT2D eigenvalue weighted by Crippen LogP contribution is 2.39. The first kappa shape index (κ1) is 14.6. The third-order valence-electron chi connectivity index (χ3n) is 3.43. The molecule has 4 heteroatoms. The Morgan fingerprint density at radius 3 is 2.60 bits per heavy atom. The molecule has 0 spiro atoms. The molecule has 1 aromatic carbocycles. The van der Waals surface area contributed by atoms with Gasteiger partial charge in [-0.25, -0.2) is 9.37 Å². The van der Waals surface area contributed by atoms with Crippen molar-refractivity contribution in [3.8, 4) is 5.75 Å². The van der Waals surface area contributed by atoms with Gasteiger partial charge in [-0.1, -0.05) is 13.8 Å². The van der Waals surface area contributed by atoms with Gasteiger partial charge in [-0.3, -0.25) is 0 Å². The third kappa shape index (κ3) is 2.30. The molecule has 0 unspecified atom stereocenters. The first-order valence-electron chi connectivity index (χ1n) is 6.91. The minimum Gasteiger partial charge on any atom is -0.496 e. The number of rotatable bonds is 4. The number of nitrogens with one attached hydrogen (secondary N) is 1. The van der Waals surface area contributed by atoms with Crippen molar-refractivity contribution in [2.24, 2.45) is 0 Å². The average molecular weight is 276 g/mol. The molecular weight excluding hydrogens is 255 g/mol. The summed E-state index contributed by atoms with van der Waals surface area (Å²) in [6.45, 7) is 8.94. The molecule has 0 saturated heterocycles. The van der Waals surface area contributed by atoms with Crippen molar-refractivity contribution in [2.75, 3.05) is 19.0 Å². The van der Waals surface area contributed by atoms with Gasteiger partial charge in [0, 0.05) is 12.2 Å². The molecule has 108 valence electrons. The van der Waals surface area contributed by atoms with Crippen molar-refractivity contribution in [3.05, 3.63) is 29.2 Å². The maximum atomic E-state index is 14.1. The first-order valence-corrected chi connectivity index (χ1v) is 6.91. The molecule has 0 amide bonds. The van der Waals surface area contributed by atoms with Crippen molar-refractivity contribution in [1.82, 2.24) is 4.98 Å². The summed E-state index contributed by atoms with van der Waals surface area (Å²) in [5.74, 6) is 0.624. The predicted octanol–water partition coefficient (Wildman–Crippen LogP) is 4.25. The Morgan fingerprint density at radius 2 is 2.05 bits per heavy atom. The zero-order valence-electron chi connectivity index (χ0n) is 12.7. The van der Waals surface area contributed by atoms with Crippen LogP contribution in [-0.2, 0) is 0 Å². The fourth-order valence-corrected chi connectivity index (χ4v) is 2.68. The van der Waals surface area contributed by atoms with Crippen LogP contribution in [0.15, 0.2) is 12.1 Å². The lowest BCUT2D eigenvalue weighted by Crippen LogP contribution is -2.08. The van der Waals surface area contributed by atoms with Crippen molar-refractivity contribution in [3.63, 3.8) is 0 Å². The van der Waals surface area contributed by atoms with E-state index in [9.17, 15) is 4.39 Å². The molecule has 0 saturated carbocycles. The number of aromatic nitrogens is 1. The Kier molecular flexibility index (Phi) is 4.12. The number of benzene rings is 1. The zero-order valence-corrected chi connectivity index (χ0v) is 12.7. The number of hydrogen-bond donors (Lipinski definition) is 1. The average Bonchev–Trinajstić information content (AvgIpc) is 2.39. The fraction of sp³-hybridized carbons (Fsp3) is 0.438. The second-order valence-corrected chi connectivity index (χ2v) is 5.14. The number of pyridine rings is 1. The molecule has 0 radical (unpaired) electrons. The molecular formula is C16H21FN2O. The summed E-state index contributed by atoms with van der Waals surface area (Å²) in [6.07, 6.45) is 0. The number of fused-ring (bicyclic) bond motifs is 1. The van der Waals surface area contributed by atoms with Gasteiger partial charge in [-0.05, 0) is 37.5 Å². The predicted molar refractivity (Wildman–Crippen MR) is 81.2 cm³/mol. The summed E-state index contributed by atoms with van der Waals surface area (Å²) < 4.78 is 19.5. The summed E-state index contributed by atoms with van der Waals surface area (Å²) in [6, 6.07) is 3.05. The van der Waals surface area contributed by atoms with Crippen LogP contribution in [0, 0.1) is 12.7 Å². The molecule has 1 heterocycles. The van der Waals surface area contributed by atoms with E-state index < -0.39 is 0 Å². The largest absolute Gasteiger partial charge is 0.496 e. The molecule has 0 bridgehead atoms. The molecule has 0 atom stereocenters. The van der Waals surface area contributed by atoms with Crippen LogP contribution in [0.25, 0.3) is 10.9 Å². The van der Waals surface area contributed by atoms with Crippen molar-refractivity contribution < 1.29 is 9.13 Å². The minimum absolute atomic E-state index is 0.300. The van der Waals surface area contributed by atoms with Crippen molar-refractivity contribution in [1.29, 1.82) is 0 Å². The molecule has 2 aromatic rings. The van der Waals surface area contributed by atoms with Crippen LogP contribution < -0.4 is 10.1 Å². The van der Waals surface area contributed by atoms with Crippen LogP contribution >= 0.6 is 0 Å². The molecule has 0 aliphatic rings. The second-order valence-electron chi connectivity index (χ2n) is 5.14. The zero-order chi connectivity index (χ0) is 14.9. The van der Waals surface area contributed by atoms with E-state index in [1.54, 1.807) is 13.2 Å². The summed E-state index contributed by atoms with van der Waals surface area (Å²) in [7, 11) is 1.59. The second kappa shape index (κ2) is 5.65. The number of aryl methyl sites for hydroxylation is 1. The maximum Gasteiger partial charge on any atom is 0.149 e. The van der Waals surface area contributed by atoms with E-state index >= 15 is 0 Å². The first-order chi connectivity index (χ1) is 9.51. The van der Waals surface area contributed by atoms with Gasteiger partial charge in [0.1, 0.15) is 17.1 Å². The number of nitrogens with zero attached hydrogens (tertiary/aromatic N) is 1. The van der Waals surface area contributed by atoms with Crippen LogP contribution in [0.2, 0.25) is 0 Å². The number of anilines is 1. The van der Waals surface area contributed by atoms with Gasteiger partial charge >= 0.3 is 0 Å². The standard InChI is InChI=1S/C16H21FN2O/c1-6-18-16-13(9(2)3)10(4)19-15-11(17)7-8-12(20-5)14(15)16/h7-9H,6H2,1-5H3,(H,18,19). The highest BCUT2D eigenvalue weighted by Gasteiger charge is 2.19. The van der Waals surface area contributed by atoms with Crippen molar-refractivity contribution >= 4 is 16.6 Å². The molecule has 0 aliphatic heterocycles. The van der Waals surface area contributed by atoms with E-state index in [0.29, 0.717) is 17.2 Å². The molecule has 0 fully saturated rings. The molecule has 2 rings (SSSR count). The summed E-state index contributed by atoms with van der Waals surface area (Å²) in [4.78, 5) is 4.45.